The minimum Gasteiger partial charge on any atom is -0.315 e. The van der Waals surface area contributed by atoms with Crippen LogP contribution in [-0.2, 0) is 0 Å². The van der Waals surface area contributed by atoms with Crippen molar-refractivity contribution in [1.29, 1.82) is 0 Å². The number of hydrogen-bond acceptors (Lipinski definition) is 2. The topological polar surface area (TPSA) is 15.3 Å². The number of nitrogens with zero attached hydrogens (tertiary/aromatic N) is 1. The molecule has 1 N–H and O–H groups in total. The molecule has 0 radical (unpaired) electrons. The molecule has 1 heterocycles. The van der Waals surface area contributed by atoms with Gasteiger partial charge in [0.15, 0.2) is 0 Å². The molecule has 0 amide bonds. The summed E-state index contributed by atoms with van der Waals surface area (Å²) in [6, 6.07) is 11.2. The fourth-order valence-electron chi connectivity index (χ4n) is 2.28. The lowest BCUT2D eigenvalue weighted by atomic mass is 10.1. The average molecular weight is 230 g/mol. The number of nitrogens with one attached hydrogen (secondary N) is 1. The number of likely N-dealkylation sites (N-methyl/N-ethyl adjacent to an activating group) is 1. The molecule has 0 saturated carbocycles. The Bertz CT molecular complexity index is 339. The molecule has 0 aromatic heterocycles. The normalized spacial score (nSPS) is 21.2. The number of hydrogen-bond donors (Lipinski definition) is 1. The Hall–Kier alpha value is -1.12. The van der Waals surface area contributed by atoms with Crippen LogP contribution in [0.2, 0.25) is 0 Å². The molecule has 0 spiro atoms. The van der Waals surface area contributed by atoms with E-state index in [1.54, 1.807) is 0 Å². The van der Waals surface area contributed by atoms with Crippen molar-refractivity contribution in [3.05, 3.63) is 42.0 Å². The maximum Gasteiger partial charge on any atom is 0.0221 e. The van der Waals surface area contributed by atoms with E-state index in [9.17, 15) is 0 Å². The summed E-state index contributed by atoms with van der Waals surface area (Å²) in [4.78, 5) is 2.44. The molecule has 1 aromatic carbocycles. The molecule has 17 heavy (non-hydrogen) atoms. The van der Waals surface area contributed by atoms with Gasteiger partial charge >= 0.3 is 0 Å². The van der Waals surface area contributed by atoms with Crippen molar-refractivity contribution in [2.24, 2.45) is 0 Å². The molecule has 2 heteroatoms. The van der Waals surface area contributed by atoms with Gasteiger partial charge in [0.1, 0.15) is 0 Å². The van der Waals surface area contributed by atoms with E-state index in [1.807, 2.05) is 0 Å². The maximum absolute atomic E-state index is 3.46. The first-order valence-corrected chi connectivity index (χ1v) is 6.49. The summed E-state index contributed by atoms with van der Waals surface area (Å²) in [5, 5.41) is 3.46. The van der Waals surface area contributed by atoms with E-state index in [2.05, 4.69) is 59.7 Å². The second-order valence-electron chi connectivity index (χ2n) is 4.75. The molecule has 1 fully saturated rings. The standard InChI is InChI=1S/C15H22N2/c1-17(15-10-5-11-16-13-15)12-6-9-14-7-3-2-4-8-14/h2-4,6-9,15-16H,5,10-13H2,1H3/b9-6+. The van der Waals surface area contributed by atoms with Gasteiger partial charge in [0.25, 0.3) is 0 Å². The van der Waals surface area contributed by atoms with Crippen molar-refractivity contribution >= 4 is 6.08 Å². The smallest absolute Gasteiger partial charge is 0.0221 e. The third-order valence-corrected chi connectivity index (χ3v) is 3.40. The van der Waals surface area contributed by atoms with Crippen molar-refractivity contribution < 1.29 is 0 Å². The molecule has 92 valence electrons. The van der Waals surface area contributed by atoms with Gasteiger partial charge in [-0.2, -0.15) is 0 Å². The largest absolute Gasteiger partial charge is 0.315 e. The zero-order valence-corrected chi connectivity index (χ0v) is 10.6. The molecule has 2 rings (SSSR count). The molecular formula is C15H22N2. The van der Waals surface area contributed by atoms with E-state index in [1.165, 1.54) is 24.9 Å². The number of rotatable bonds is 4. The van der Waals surface area contributed by atoms with Crippen LogP contribution in [0.3, 0.4) is 0 Å². The lowest BCUT2D eigenvalue weighted by Crippen LogP contribution is -2.44. The van der Waals surface area contributed by atoms with E-state index in [-0.39, 0.29) is 0 Å². The lowest BCUT2D eigenvalue weighted by Gasteiger charge is -2.30. The highest BCUT2D eigenvalue weighted by atomic mass is 15.1. The summed E-state index contributed by atoms with van der Waals surface area (Å²) in [5.74, 6) is 0. The highest BCUT2D eigenvalue weighted by Crippen LogP contribution is 2.08. The minimum absolute atomic E-state index is 0.698. The van der Waals surface area contributed by atoms with Crippen molar-refractivity contribution in [3.8, 4) is 0 Å². The van der Waals surface area contributed by atoms with Crippen LogP contribution in [0.25, 0.3) is 6.08 Å². The van der Waals surface area contributed by atoms with Gasteiger partial charge in [-0.3, -0.25) is 4.90 Å². The highest BCUT2D eigenvalue weighted by Gasteiger charge is 2.15. The first-order chi connectivity index (χ1) is 8.36. The van der Waals surface area contributed by atoms with Crippen LogP contribution in [0, 0.1) is 0 Å². The molecule has 1 aliphatic rings. The van der Waals surface area contributed by atoms with E-state index in [0.29, 0.717) is 6.04 Å². The van der Waals surface area contributed by atoms with Gasteiger partial charge in [-0.05, 0) is 32.0 Å². The van der Waals surface area contributed by atoms with Crippen LogP contribution in [0.15, 0.2) is 36.4 Å². The average Bonchev–Trinajstić information content (AvgIpc) is 2.41. The number of benzene rings is 1. The predicted octanol–water partition coefficient (Wildman–Crippen LogP) is 2.38. The third-order valence-electron chi connectivity index (χ3n) is 3.40. The quantitative estimate of drug-likeness (QED) is 0.854. The van der Waals surface area contributed by atoms with E-state index < -0.39 is 0 Å². The van der Waals surface area contributed by atoms with Crippen LogP contribution in [0.4, 0.5) is 0 Å². The summed E-state index contributed by atoms with van der Waals surface area (Å²) in [6.45, 7) is 3.35. The van der Waals surface area contributed by atoms with E-state index >= 15 is 0 Å². The first-order valence-electron chi connectivity index (χ1n) is 6.49. The van der Waals surface area contributed by atoms with Gasteiger partial charge in [-0.1, -0.05) is 42.5 Å². The molecular weight excluding hydrogens is 208 g/mol. The summed E-state index contributed by atoms with van der Waals surface area (Å²) in [5.41, 5.74) is 1.28. The number of piperidine rings is 1. The molecule has 1 atom stereocenters. The van der Waals surface area contributed by atoms with Crippen LogP contribution >= 0.6 is 0 Å². The molecule has 1 aliphatic heterocycles. The van der Waals surface area contributed by atoms with E-state index in [0.717, 1.165) is 13.1 Å². The zero-order valence-electron chi connectivity index (χ0n) is 10.6. The van der Waals surface area contributed by atoms with Gasteiger partial charge < -0.3 is 5.32 Å². The molecule has 1 aromatic rings. The minimum atomic E-state index is 0.698. The van der Waals surface area contributed by atoms with Gasteiger partial charge in [-0.25, -0.2) is 0 Å². The Balaban J connectivity index is 1.79. The molecule has 1 unspecified atom stereocenters. The first kappa shape index (κ1) is 12.3. The maximum atomic E-state index is 3.46. The molecule has 0 bridgehead atoms. The van der Waals surface area contributed by atoms with Crippen molar-refractivity contribution in [3.63, 3.8) is 0 Å². The van der Waals surface area contributed by atoms with Gasteiger partial charge in [0, 0.05) is 19.1 Å². The van der Waals surface area contributed by atoms with Crippen LogP contribution < -0.4 is 5.32 Å². The lowest BCUT2D eigenvalue weighted by molar-refractivity contribution is 0.222. The Kier molecular flexibility index (Phi) is 4.77. The second-order valence-corrected chi connectivity index (χ2v) is 4.75. The summed E-state index contributed by atoms with van der Waals surface area (Å²) in [7, 11) is 2.22. The van der Waals surface area contributed by atoms with Crippen molar-refractivity contribution in [1.82, 2.24) is 10.2 Å². The zero-order chi connectivity index (χ0) is 11.9. The SMILES string of the molecule is CN(C/C=C/c1ccccc1)C1CCCNC1. The monoisotopic (exact) mass is 230 g/mol. The Morgan fingerprint density at radius 3 is 2.88 bits per heavy atom. The van der Waals surface area contributed by atoms with Crippen LogP contribution in [0.5, 0.6) is 0 Å². The van der Waals surface area contributed by atoms with Gasteiger partial charge in [0.05, 0.1) is 0 Å². The fraction of sp³-hybridized carbons (Fsp3) is 0.467. The van der Waals surface area contributed by atoms with Crippen molar-refractivity contribution in [2.45, 2.75) is 18.9 Å². The van der Waals surface area contributed by atoms with Crippen LogP contribution in [0.1, 0.15) is 18.4 Å². The molecule has 2 nitrogen and oxygen atoms in total. The fourth-order valence-corrected chi connectivity index (χ4v) is 2.28. The van der Waals surface area contributed by atoms with Crippen molar-refractivity contribution in [2.75, 3.05) is 26.7 Å². The third kappa shape index (κ3) is 3.99. The second kappa shape index (κ2) is 6.58. The van der Waals surface area contributed by atoms with E-state index in [4.69, 9.17) is 0 Å². The van der Waals surface area contributed by atoms with Crippen LogP contribution in [-0.4, -0.2) is 37.6 Å². The summed E-state index contributed by atoms with van der Waals surface area (Å²) >= 11 is 0. The highest BCUT2D eigenvalue weighted by molar-refractivity contribution is 5.48. The Morgan fingerprint density at radius 2 is 2.18 bits per heavy atom. The summed E-state index contributed by atoms with van der Waals surface area (Å²) < 4.78 is 0. The van der Waals surface area contributed by atoms with Gasteiger partial charge in [0.2, 0.25) is 0 Å². The molecule has 1 saturated heterocycles. The Labute approximate surface area is 104 Å². The van der Waals surface area contributed by atoms with Gasteiger partial charge in [-0.15, -0.1) is 0 Å². The molecule has 0 aliphatic carbocycles. The predicted molar refractivity (Wildman–Crippen MR) is 74.0 cm³/mol. The Morgan fingerprint density at radius 1 is 1.35 bits per heavy atom. The summed E-state index contributed by atoms with van der Waals surface area (Å²) in [6.07, 6.45) is 7.08.